The molecule has 0 bridgehead atoms. The van der Waals surface area contributed by atoms with E-state index in [4.69, 9.17) is 5.26 Å². The van der Waals surface area contributed by atoms with Gasteiger partial charge in [-0.2, -0.15) is 5.26 Å². The predicted molar refractivity (Wildman–Crippen MR) is 61.1 cm³/mol. The topological polar surface area (TPSA) is 48.2 Å². The normalized spacial score (nSPS) is 19.2. The molecule has 0 aromatic heterocycles. The van der Waals surface area contributed by atoms with E-state index in [1.807, 2.05) is 12.4 Å². The van der Waals surface area contributed by atoms with Gasteiger partial charge < -0.3 is 0 Å². The summed E-state index contributed by atoms with van der Waals surface area (Å²) < 4.78 is 0. The zero-order valence-corrected chi connectivity index (χ0v) is 9.82. The van der Waals surface area contributed by atoms with E-state index >= 15 is 0 Å². The van der Waals surface area contributed by atoms with Crippen LogP contribution in [0.1, 0.15) is 26.7 Å². The third-order valence-corrected chi connectivity index (χ3v) is 3.63. The fraction of sp³-hybridized carbons (Fsp3) is 0.800. The Morgan fingerprint density at radius 3 is 2.64 bits per heavy atom. The van der Waals surface area contributed by atoms with E-state index in [-0.39, 0.29) is 0 Å². The Bertz CT molecular complexity index is 261. The molecule has 1 rings (SSSR count). The van der Waals surface area contributed by atoms with Gasteiger partial charge in [0, 0.05) is 6.54 Å². The summed E-state index contributed by atoms with van der Waals surface area (Å²) in [6, 6.07) is 0. The number of thioether (sulfide) groups is 1. The lowest BCUT2D eigenvalue weighted by Gasteiger charge is -2.16. The lowest BCUT2D eigenvalue weighted by molar-refractivity contribution is 0.371. The first-order valence-electron chi connectivity index (χ1n) is 4.88. The predicted octanol–water partition coefficient (Wildman–Crippen LogP) is 2.21. The first kappa shape index (κ1) is 11.4. The number of hydrogen-bond donors (Lipinski definition) is 1. The van der Waals surface area contributed by atoms with Gasteiger partial charge in [0.05, 0.1) is 0 Å². The highest BCUT2D eigenvalue weighted by Gasteiger charge is 2.45. The highest BCUT2D eigenvalue weighted by atomic mass is 32.2. The second kappa shape index (κ2) is 4.70. The van der Waals surface area contributed by atoms with Gasteiger partial charge in [-0.1, -0.05) is 25.6 Å². The maximum atomic E-state index is 8.47. The molecule has 14 heavy (non-hydrogen) atoms. The molecule has 3 nitrogen and oxygen atoms in total. The summed E-state index contributed by atoms with van der Waals surface area (Å²) >= 11 is 1.49. The summed E-state index contributed by atoms with van der Waals surface area (Å²) in [5, 5.41) is 11.8. The summed E-state index contributed by atoms with van der Waals surface area (Å²) in [6.45, 7) is 5.35. The van der Waals surface area contributed by atoms with Crippen LogP contribution in [0.2, 0.25) is 0 Å². The summed E-state index contributed by atoms with van der Waals surface area (Å²) in [5.41, 5.74) is 0.429. The highest BCUT2D eigenvalue weighted by molar-refractivity contribution is 8.13. The Labute approximate surface area is 90.0 Å². The Hall–Kier alpha value is -0.690. The molecular formula is C10H17N3S. The average molecular weight is 211 g/mol. The fourth-order valence-electron chi connectivity index (χ4n) is 1.51. The van der Waals surface area contributed by atoms with Crippen molar-refractivity contribution in [1.82, 2.24) is 5.32 Å². The SMILES string of the molecule is CSC(=NCC1(C(C)C)CC1)NC#N. The van der Waals surface area contributed by atoms with E-state index in [0.717, 1.165) is 11.7 Å². The van der Waals surface area contributed by atoms with Crippen molar-refractivity contribution >= 4 is 16.9 Å². The number of nitrogens with one attached hydrogen (secondary N) is 1. The Morgan fingerprint density at radius 1 is 1.64 bits per heavy atom. The van der Waals surface area contributed by atoms with Crippen LogP contribution >= 0.6 is 11.8 Å². The van der Waals surface area contributed by atoms with Crippen LogP contribution in [0.3, 0.4) is 0 Å². The standard InChI is InChI=1S/C10H17N3S/c1-8(2)10(4-5-10)6-12-9(14-3)13-7-11/h8H,4-6H2,1-3H3,(H,12,13). The summed E-state index contributed by atoms with van der Waals surface area (Å²) in [7, 11) is 0. The molecule has 4 heteroatoms. The molecule has 0 aliphatic heterocycles. The van der Waals surface area contributed by atoms with Crippen molar-refractivity contribution in [2.24, 2.45) is 16.3 Å². The number of rotatable bonds is 3. The number of nitriles is 1. The lowest BCUT2D eigenvalue weighted by atomic mass is 9.93. The first-order valence-corrected chi connectivity index (χ1v) is 6.10. The van der Waals surface area contributed by atoms with Crippen LogP contribution in [0.4, 0.5) is 0 Å². The second-order valence-corrected chi connectivity index (χ2v) is 4.87. The zero-order valence-electron chi connectivity index (χ0n) is 9.00. The molecule has 0 radical (unpaired) electrons. The number of aliphatic imine (C=N–C) groups is 1. The zero-order chi connectivity index (χ0) is 10.6. The largest absolute Gasteiger partial charge is 0.272 e. The molecule has 0 amide bonds. The van der Waals surface area contributed by atoms with Crippen molar-refractivity contribution in [3.63, 3.8) is 0 Å². The minimum Gasteiger partial charge on any atom is -0.272 e. The molecule has 0 spiro atoms. The van der Waals surface area contributed by atoms with Gasteiger partial charge >= 0.3 is 0 Å². The first-order chi connectivity index (χ1) is 6.64. The minimum absolute atomic E-state index is 0.429. The van der Waals surface area contributed by atoms with Gasteiger partial charge in [-0.05, 0) is 30.4 Å². The summed E-state index contributed by atoms with van der Waals surface area (Å²) in [4.78, 5) is 4.43. The van der Waals surface area contributed by atoms with Crippen molar-refractivity contribution in [1.29, 1.82) is 5.26 Å². The van der Waals surface area contributed by atoms with Gasteiger partial charge in [-0.15, -0.1) is 0 Å². The van der Waals surface area contributed by atoms with E-state index in [0.29, 0.717) is 11.3 Å². The Balaban J connectivity index is 2.49. The number of nitrogens with zero attached hydrogens (tertiary/aromatic N) is 2. The van der Waals surface area contributed by atoms with E-state index in [1.165, 1.54) is 24.6 Å². The molecule has 0 unspecified atom stereocenters. The van der Waals surface area contributed by atoms with Crippen LogP contribution in [0.5, 0.6) is 0 Å². The van der Waals surface area contributed by atoms with Crippen molar-refractivity contribution in [3.8, 4) is 6.19 Å². The maximum absolute atomic E-state index is 8.47. The maximum Gasteiger partial charge on any atom is 0.183 e. The molecule has 0 aromatic rings. The van der Waals surface area contributed by atoms with Crippen LogP contribution in [-0.4, -0.2) is 18.0 Å². The van der Waals surface area contributed by atoms with E-state index < -0.39 is 0 Å². The molecule has 0 heterocycles. The molecule has 0 saturated heterocycles. The van der Waals surface area contributed by atoms with Crippen LogP contribution in [0.15, 0.2) is 4.99 Å². The molecule has 1 aliphatic carbocycles. The lowest BCUT2D eigenvalue weighted by Crippen LogP contribution is -2.18. The number of hydrogen-bond acceptors (Lipinski definition) is 3. The molecule has 0 atom stereocenters. The van der Waals surface area contributed by atoms with Gasteiger partial charge in [-0.3, -0.25) is 10.3 Å². The molecule has 78 valence electrons. The highest BCUT2D eigenvalue weighted by Crippen LogP contribution is 2.52. The van der Waals surface area contributed by atoms with Crippen molar-refractivity contribution in [3.05, 3.63) is 0 Å². The quantitative estimate of drug-likeness (QED) is 0.337. The van der Waals surface area contributed by atoms with Crippen LogP contribution in [0, 0.1) is 22.8 Å². The van der Waals surface area contributed by atoms with Gasteiger partial charge in [0.15, 0.2) is 11.4 Å². The molecule has 1 aliphatic rings. The van der Waals surface area contributed by atoms with Crippen LogP contribution in [0.25, 0.3) is 0 Å². The van der Waals surface area contributed by atoms with Crippen molar-refractivity contribution in [2.45, 2.75) is 26.7 Å². The molecule has 1 N–H and O–H groups in total. The van der Waals surface area contributed by atoms with Gasteiger partial charge in [0.1, 0.15) is 0 Å². The van der Waals surface area contributed by atoms with Crippen LogP contribution < -0.4 is 5.32 Å². The van der Waals surface area contributed by atoms with E-state index in [1.54, 1.807) is 0 Å². The minimum atomic E-state index is 0.429. The fourth-order valence-corrected chi connectivity index (χ4v) is 1.85. The van der Waals surface area contributed by atoms with Gasteiger partial charge in [-0.25, -0.2) is 0 Å². The van der Waals surface area contributed by atoms with Gasteiger partial charge in [0.2, 0.25) is 0 Å². The third kappa shape index (κ3) is 2.65. The second-order valence-electron chi connectivity index (χ2n) is 4.08. The van der Waals surface area contributed by atoms with Gasteiger partial charge in [0.25, 0.3) is 0 Å². The molecular weight excluding hydrogens is 194 g/mol. The van der Waals surface area contributed by atoms with E-state index in [9.17, 15) is 0 Å². The van der Waals surface area contributed by atoms with E-state index in [2.05, 4.69) is 24.2 Å². The smallest absolute Gasteiger partial charge is 0.183 e. The molecule has 1 fully saturated rings. The monoisotopic (exact) mass is 211 g/mol. The molecule has 0 aromatic carbocycles. The number of amidine groups is 1. The Morgan fingerprint density at radius 2 is 2.29 bits per heavy atom. The van der Waals surface area contributed by atoms with Crippen molar-refractivity contribution < 1.29 is 0 Å². The molecule has 1 saturated carbocycles. The van der Waals surface area contributed by atoms with Crippen LogP contribution in [-0.2, 0) is 0 Å². The Kier molecular flexibility index (Phi) is 3.82. The summed E-state index contributed by atoms with van der Waals surface area (Å²) in [5.74, 6) is 0.691. The van der Waals surface area contributed by atoms with Crippen molar-refractivity contribution in [2.75, 3.05) is 12.8 Å². The third-order valence-electron chi connectivity index (χ3n) is 3.01. The summed E-state index contributed by atoms with van der Waals surface area (Å²) in [6.07, 6.45) is 6.39. The average Bonchev–Trinajstić information content (AvgIpc) is 2.93.